The lowest BCUT2D eigenvalue weighted by Crippen LogP contribution is -2.68. The van der Waals surface area contributed by atoms with Crippen molar-refractivity contribution in [2.24, 2.45) is 50.2 Å². The van der Waals surface area contributed by atoms with E-state index in [0.29, 0.717) is 37.1 Å². The number of hydrogen-bond donors (Lipinski definition) is 16. The second-order valence-electron chi connectivity index (χ2n) is 32.4. The van der Waals surface area contributed by atoms with Crippen LogP contribution in [0, 0.1) is 50.2 Å². The van der Waals surface area contributed by atoms with Crippen molar-refractivity contribution in [3.63, 3.8) is 0 Å². The van der Waals surface area contributed by atoms with Gasteiger partial charge in [0.05, 0.1) is 44.2 Å². The Hall–Kier alpha value is -4.53. The van der Waals surface area contributed by atoms with E-state index in [1.54, 1.807) is 43.3 Å². The highest BCUT2D eigenvalue weighted by Gasteiger charge is 2.72. The fourth-order valence-corrected chi connectivity index (χ4v) is 19.1. The molecule has 32 unspecified atom stereocenters. The second kappa shape index (κ2) is 30.5. The lowest BCUT2D eigenvalue weighted by Gasteiger charge is -2.71. The number of anilines is 1. The molecule has 4 saturated carbocycles. The first kappa shape index (κ1) is 79.5. The van der Waals surface area contributed by atoms with Crippen LogP contribution < -0.4 is 10.1 Å². The van der Waals surface area contributed by atoms with Gasteiger partial charge in [-0.05, 0) is 153 Å². The fraction of sp³-hybridized carbons (Fsp3) is 0.767. The Morgan fingerprint density at radius 1 is 0.573 bits per heavy atom. The van der Waals surface area contributed by atoms with Gasteiger partial charge < -0.3 is 134 Å². The molecule has 1 amide bonds. The van der Waals surface area contributed by atoms with E-state index in [1.165, 1.54) is 26.0 Å². The summed E-state index contributed by atoms with van der Waals surface area (Å²) < 4.78 is 64.7. The third-order valence-electron chi connectivity index (χ3n) is 25.2. The van der Waals surface area contributed by atoms with E-state index in [9.17, 15) is 86.2 Å². The highest BCUT2D eigenvalue weighted by atomic mass is 16.8. The van der Waals surface area contributed by atoms with Gasteiger partial charge in [-0.1, -0.05) is 72.2 Å². The van der Waals surface area contributed by atoms with Gasteiger partial charge in [0.15, 0.2) is 31.3 Å². The van der Waals surface area contributed by atoms with Crippen molar-refractivity contribution in [1.29, 1.82) is 0 Å². The summed E-state index contributed by atoms with van der Waals surface area (Å²) in [5, 5.41) is 165. The molecule has 5 aliphatic carbocycles. The number of hydrogen-bond acceptors (Lipinski definition) is 29. The molecule has 30 nitrogen and oxygen atoms in total. The molecule has 5 heterocycles. The Labute approximate surface area is 597 Å². The first-order valence-corrected chi connectivity index (χ1v) is 35.9. The van der Waals surface area contributed by atoms with Crippen LogP contribution in [0.5, 0.6) is 11.5 Å². The topological polar surface area (TPSA) is 468 Å². The van der Waals surface area contributed by atoms with Crippen LogP contribution >= 0.6 is 0 Å². The summed E-state index contributed by atoms with van der Waals surface area (Å²) in [6.07, 6.45) is -29.2. The lowest BCUT2D eigenvalue weighted by atomic mass is 9.33. The molecule has 2 aromatic rings. The Morgan fingerprint density at radius 3 is 1.76 bits per heavy atom. The average molecular weight is 1460 g/mol. The third-order valence-corrected chi connectivity index (χ3v) is 25.2. The SMILES string of the molecule is CC(=O)Nc1ccc(OC(=O)c2ccccc2O)cc1.CC1OC(OC2CCC3(C)C(CCC4(C)C3CC=C3C5CC(C)(C)CCC5(C(=O)OC5OCC(O)C(O)C5OC5OC(C)C(OC6OC(CO)C(O)C(O)C6O)C(O)C5O)C(O)CC34C)C2(C)C)C(O)C(O)C1OC1OCC(O)C(O)C1O. The molecule has 0 radical (unpaired) electrons. The first-order chi connectivity index (χ1) is 48.3. The summed E-state index contributed by atoms with van der Waals surface area (Å²) in [7, 11) is 0. The molecule has 5 aliphatic heterocycles. The lowest BCUT2D eigenvalue weighted by molar-refractivity contribution is -0.374. The van der Waals surface area contributed by atoms with E-state index in [-0.39, 0.29) is 64.7 Å². The zero-order valence-electron chi connectivity index (χ0n) is 59.8. The molecule has 12 rings (SSSR count). The van der Waals surface area contributed by atoms with Crippen molar-refractivity contribution < 1.29 is 143 Å². The zero-order valence-corrected chi connectivity index (χ0v) is 59.8. The number of aliphatic hydroxyl groups is 14. The summed E-state index contributed by atoms with van der Waals surface area (Å²) in [6.45, 7) is 18.6. The van der Waals surface area contributed by atoms with Gasteiger partial charge in [-0.25, -0.2) is 4.79 Å². The normalized spacial score (nSPS) is 46.3. The predicted molar refractivity (Wildman–Crippen MR) is 356 cm³/mol. The standard InChI is InChI=1S/C58H94O25.C15H13NO4/c1-23-44(80-47-40(69)34(63)27(60)21-74-47)38(67)42(71)48(76-23)79-33-13-14-55(7)30(54(33,5)6)12-15-56(8)31(55)11-10-25-26-18-53(3,4)16-17-58(26,32(62)19-57(25,56)9)52(73)83-51-46(35(64)28(61)22-75-51)82-49-43(72)39(68)45(24(2)77-49)81-50-41(70)37(66)36(65)29(20-59)78-50;1-10(17)16-11-6-8-12(9-7-11)20-15(19)13-4-2-3-5-14(13)18/h10,23-24,26-51,59-72H,11-22H2,1-9H3;2-9,18H,1H3,(H,16,17). The van der Waals surface area contributed by atoms with E-state index in [1.807, 2.05) is 0 Å². The van der Waals surface area contributed by atoms with Gasteiger partial charge >= 0.3 is 11.9 Å². The van der Waals surface area contributed by atoms with Gasteiger partial charge in [0.1, 0.15) is 114 Å². The molecule has 0 spiro atoms. The number of phenolic OH excluding ortho intramolecular Hbond substituents is 1. The zero-order chi connectivity index (χ0) is 75.1. The summed E-state index contributed by atoms with van der Waals surface area (Å²) >= 11 is 0. The molecule has 16 N–H and O–H groups in total. The number of benzene rings is 2. The van der Waals surface area contributed by atoms with E-state index in [0.717, 1.165) is 24.8 Å². The second-order valence-corrected chi connectivity index (χ2v) is 32.4. The summed E-state index contributed by atoms with van der Waals surface area (Å²) in [6, 6.07) is 12.5. The van der Waals surface area contributed by atoms with E-state index < -0.39 is 201 Å². The number of carbonyl (C=O) groups excluding carboxylic acids is 3. The Balaban J connectivity index is 0.000000457. The number of amides is 1. The number of rotatable bonds is 14. The van der Waals surface area contributed by atoms with Crippen molar-refractivity contribution in [1.82, 2.24) is 0 Å². The van der Waals surface area contributed by atoms with E-state index in [2.05, 4.69) is 59.9 Å². The van der Waals surface area contributed by atoms with Crippen LogP contribution in [0.4, 0.5) is 5.69 Å². The van der Waals surface area contributed by atoms with Crippen LogP contribution in [0.3, 0.4) is 0 Å². The maximum Gasteiger partial charge on any atom is 0.347 e. The molecule has 30 heteroatoms. The van der Waals surface area contributed by atoms with Crippen molar-refractivity contribution in [3.05, 3.63) is 65.7 Å². The number of nitrogens with one attached hydrogen (secondary N) is 1. The van der Waals surface area contributed by atoms with E-state index >= 15 is 4.79 Å². The number of aliphatic hydroxyl groups excluding tert-OH is 14. The number of ether oxygens (including phenoxy) is 11. The Bertz CT molecular complexity index is 3320. The summed E-state index contributed by atoms with van der Waals surface area (Å²) in [4.78, 5) is 38.1. The number of phenols is 1. The van der Waals surface area contributed by atoms with Crippen LogP contribution in [0.25, 0.3) is 0 Å². The molecule has 10 aliphatic rings. The van der Waals surface area contributed by atoms with Crippen molar-refractivity contribution in [2.45, 2.75) is 281 Å². The average Bonchev–Trinajstić information content (AvgIpc) is 0.671. The summed E-state index contributed by atoms with van der Waals surface area (Å²) in [5.41, 5.74) is -1.57. The van der Waals surface area contributed by atoms with Crippen LogP contribution in [0.1, 0.15) is 137 Å². The molecule has 32 atom stereocenters. The number of carbonyl (C=O) groups is 3. The molecule has 5 saturated heterocycles. The fourth-order valence-electron chi connectivity index (χ4n) is 19.1. The number of para-hydroxylation sites is 1. The monoisotopic (exact) mass is 1460 g/mol. The Morgan fingerprint density at radius 2 is 1.14 bits per heavy atom. The molecular weight excluding hydrogens is 1350 g/mol. The van der Waals surface area contributed by atoms with E-state index in [4.69, 9.17) is 52.1 Å². The number of esters is 2. The van der Waals surface area contributed by atoms with Crippen molar-refractivity contribution in [3.8, 4) is 11.5 Å². The van der Waals surface area contributed by atoms with Crippen molar-refractivity contribution >= 4 is 23.5 Å². The highest BCUT2D eigenvalue weighted by molar-refractivity contribution is 5.94. The molecule has 0 bridgehead atoms. The van der Waals surface area contributed by atoms with Crippen LogP contribution in [-0.2, 0) is 57.0 Å². The smallest absolute Gasteiger partial charge is 0.347 e. The van der Waals surface area contributed by atoms with Gasteiger partial charge in [0, 0.05) is 12.6 Å². The van der Waals surface area contributed by atoms with Gasteiger partial charge in [0.25, 0.3) is 0 Å². The molecule has 103 heavy (non-hydrogen) atoms. The van der Waals surface area contributed by atoms with Crippen LogP contribution in [-0.4, -0.2) is 268 Å². The maximum atomic E-state index is 15.4. The van der Waals surface area contributed by atoms with Gasteiger partial charge in [-0.15, -0.1) is 0 Å². The number of aromatic hydroxyl groups is 1. The molecular formula is C73H107NO29. The minimum atomic E-state index is -1.93. The highest BCUT2D eigenvalue weighted by Crippen LogP contribution is 2.76. The number of allylic oxidation sites excluding steroid dienone is 2. The minimum absolute atomic E-state index is 0.0958. The van der Waals surface area contributed by atoms with Gasteiger partial charge in [-0.3, -0.25) is 9.59 Å². The van der Waals surface area contributed by atoms with Crippen LogP contribution in [0.15, 0.2) is 60.2 Å². The minimum Gasteiger partial charge on any atom is -0.507 e. The van der Waals surface area contributed by atoms with Gasteiger partial charge in [0.2, 0.25) is 12.2 Å². The Kier molecular flexibility index (Phi) is 23.5. The number of fused-ring (bicyclic) bond motifs is 7. The first-order valence-electron chi connectivity index (χ1n) is 35.9. The molecule has 9 fully saturated rings. The molecule has 0 aromatic heterocycles. The largest absolute Gasteiger partial charge is 0.507 e. The van der Waals surface area contributed by atoms with Crippen molar-refractivity contribution in [2.75, 3.05) is 25.1 Å². The third kappa shape index (κ3) is 14.7. The molecule has 2 aromatic carbocycles. The quantitative estimate of drug-likeness (QED) is 0.0535. The van der Waals surface area contributed by atoms with Crippen LogP contribution in [0.2, 0.25) is 0 Å². The molecule has 578 valence electrons. The maximum absolute atomic E-state index is 15.4. The predicted octanol–water partition coefficient (Wildman–Crippen LogP) is 0.663. The summed E-state index contributed by atoms with van der Waals surface area (Å²) in [5.74, 6) is -1.63. The van der Waals surface area contributed by atoms with Gasteiger partial charge in [-0.2, -0.15) is 0 Å².